The van der Waals surface area contributed by atoms with Gasteiger partial charge >= 0.3 is 0 Å². The number of hydrogen-bond donors (Lipinski definition) is 1. The molecule has 4 heteroatoms. The Hall–Kier alpha value is -1.39. The monoisotopic (exact) mass is 348 g/mol. The maximum absolute atomic E-state index is 6.04. The minimum Gasteiger partial charge on any atom is -0.438 e. The van der Waals surface area contributed by atoms with E-state index in [0.29, 0.717) is 11.9 Å². The highest BCUT2D eigenvalue weighted by Crippen LogP contribution is 2.28. The van der Waals surface area contributed by atoms with E-state index >= 15 is 0 Å². The van der Waals surface area contributed by atoms with Gasteiger partial charge in [-0.3, -0.25) is 0 Å². The Bertz CT molecular complexity index is 626. The molecule has 1 aromatic heterocycles. The summed E-state index contributed by atoms with van der Waals surface area (Å²) in [5.74, 6) is 1.51. The summed E-state index contributed by atoms with van der Waals surface area (Å²) in [6.07, 6.45) is 1.76. The van der Waals surface area contributed by atoms with Crippen LogP contribution in [0.5, 0.6) is 11.6 Å². The molecule has 3 nitrogen and oxygen atoms in total. The number of aromatic nitrogens is 1. The Morgan fingerprint density at radius 1 is 1.24 bits per heavy atom. The van der Waals surface area contributed by atoms with Crippen LogP contribution >= 0.6 is 15.9 Å². The average Bonchev–Trinajstić information content (AvgIpc) is 2.43. The molecule has 0 radical (unpaired) electrons. The van der Waals surface area contributed by atoms with Gasteiger partial charge < -0.3 is 10.1 Å². The van der Waals surface area contributed by atoms with Crippen molar-refractivity contribution in [2.24, 2.45) is 0 Å². The van der Waals surface area contributed by atoms with Gasteiger partial charge in [0.05, 0.1) is 0 Å². The normalized spacial score (nSPS) is 11.0. The topological polar surface area (TPSA) is 34.1 Å². The van der Waals surface area contributed by atoms with E-state index in [1.807, 2.05) is 19.1 Å². The zero-order chi connectivity index (χ0) is 15.4. The van der Waals surface area contributed by atoms with Crippen LogP contribution in [0.2, 0.25) is 0 Å². The molecule has 0 amide bonds. The van der Waals surface area contributed by atoms with Crippen LogP contribution < -0.4 is 10.1 Å². The molecule has 0 saturated heterocycles. The Kier molecular flexibility index (Phi) is 5.37. The second kappa shape index (κ2) is 7.05. The van der Waals surface area contributed by atoms with Crippen molar-refractivity contribution in [3.05, 3.63) is 51.6 Å². The van der Waals surface area contributed by atoms with Crippen molar-refractivity contribution in [3.8, 4) is 11.6 Å². The van der Waals surface area contributed by atoms with Crippen LogP contribution in [0.25, 0.3) is 0 Å². The molecule has 0 bridgehead atoms. The van der Waals surface area contributed by atoms with E-state index in [1.54, 1.807) is 6.20 Å². The smallest absolute Gasteiger partial charge is 0.223 e. The zero-order valence-corrected chi connectivity index (χ0v) is 14.5. The Labute approximate surface area is 134 Å². The summed E-state index contributed by atoms with van der Waals surface area (Å²) in [4.78, 5) is 4.41. The molecular weight excluding hydrogens is 328 g/mol. The molecule has 0 fully saturated rings. The van der Waals surface area contributed by atoms with Crippen molar-refractivity contribution in [1.29, 1.82) is 0 Å². The number of nitrogens with one attached hydrogen (secondary N) is 1. The molecular formula is C17H21BrN2O. The van der Waals surface area contributed by atoms with Gasteiger partial charge in [0.1, 0.15) is 5.75 Å². The van der Waals surface area contributed by atoms with Gasteiger partial charge in [0, 0.05) is 28.8 Å². The molecule has 112 valence electrons. The lowest BCUT2D eigenvalue weighted by atomic mass is 10.1. The Morgan fingerprint density at radius 2 is 2.00 bits per heavy atom. The van der Waals surface area contributed by atoms with Gasteiger partial charge in [-0.05, 0) is 53.0 Å². The summed E-state index contributed by atoms with van der Waals surface area (Å²) in [6, 6.07) is 8.65. The molecule has 0 atom stereocenters. The van der Waals surface area contributed by atoms with E-state index in [2.05, 4.69) is 59.1 Å². The largest absolute Gasteiger partial charge is 0.438 e. The Morgan fingerprint density at radius 3 is 2.71 bits per heavy atom. The predicted octanol–water partition coefficient (Wildman–Crippen LogP) is 4.75. The fourth-order valence-electron chi connectivity index (χ4n) is 1.92. The number of hydrogen-bond acceptors (Lipinski definition) is 3. The predicted molar refractivity (Wildman–Crippen MR) is 89.9 cm³/mol. The number of pyridine rings is 1. The minimum atomic E-state index is 0.414. The number of aryl methyl sites for hydroxylation is 2. The van der Waals surface area contributed by atoms with E-state index in [1.165, 1.54) is 5.56 Å². The third-order valence-corrected chi connectivity index (χ3v) is 3.58. The van der Waals surface area contributed by atoms with E-state index in [4.69, 9.17) is 4.74 Å². The summed E-state index contributed by atoms with van der Waals surface area (Å²) in [5.41, 5.74) is 3.32. The first-order valence-electron chi connectivity index (χ1n) is 7.08. The van der Waals surface area contributed by atoms with Crippen molar-refractivity contribution in [2.75, 3.05) is 0 Å². The van der Waals surface area contributed by atoms with E-state index in [0.717, 1.165) is 27.9 Å². The molecule has 0 aliphatic carbocycles. The van der Waals surface area contributed by atoms with Crippen molar-refractivity contribution < 1.29 is 4.74 Å². The molecule has 21 heavy (non-hydrogen) atoms. The summed E-state index contributed by atoms with van der Waals surface area (Å²) in [7, 11) is 0. The fraction of sp³-hybridized carbons (Fsp3) is 0.353. The minimum absolute atomic E-state index is 0.414. The van der Waals surface area contributed by atoms with Gasteiger partial charge in [0.2, 0.25) is 5.88 Å². The first kappa shape index (κ1) is 16.0. The molecule has 2 rings (SSSR count). The summed E-state index contributed by atoms with van der Waals surface area (Å²) in [5, 5.41) is 3.40. The number of rotatable bonds is 5. The van der Waals surface area contributed by atoms with E-state index in [-0.39, 0.29) is 0 Å². The SMILES string of the molecule is Cc1ccc(C)c(Oc2ncc(Br)cc2CNC(C)C)c1. The second-order valence-electron chi connectivity index (χ2n) is 5.52. The van der Waals surface area contributed by atoms with Crippen LogP contribution in [-0.2, 0) is 6.54 Å². The lowest BCUT2D eigenvalue weighted by molar-refractivity contribution is 0.446. The lowest BCUT2D eigenvalue weighted by Crippen LogP contribution is -2.22. The zero-order valence-electron chi connectivity index (χ0n) is 12.9. The molecule has 1 aromatic carbocycles. The van der Waals surface area contributed by atoms with Crippen LogP contribution in [0, 0.1) is 13.8 Å². The van der Waals surface area contributed by atoms with E-state index < -0.39 is 0 Å². The average molecular weight is 349 g/mol. The molecule has 1 heterocycles. The number of nitrogens with zero attached hydrogens (tertiary/aromatic N) is 1. The van der Waals surface area contributed by atoms with Gasteiger partial charge in [-0.2, -0.15) is 0 Å². The maximum Gasteiger partial charge on any atom is 0.223 e. The first-order chi connectivity index (χ1) is 9.95. The molecule has 1 N–H and O–H groups in total. The van der Waals surface area contributed by atoms with Crippen LogP contribution in [0.3, 0.4) is 0 Å². The first-order valence-corrected chi connectivity index (χ1v) is 7.88. The van der Waals surface area contributed by atoms with Crippen molar-refractivity contribution in [3.63, 3.8) is 0 Å². The molecule has 0 spiro atoms. The van der Waals surface area contributed by atoms with Gasteiger partial charge in [0.25, 0.3) is 0 Å². The number of halogens is 1. The molecule has 0 aliphatic heterocycles. The molecule has 0 saturated carbocycles. The molecule has 2 aromatic rings. The van der Waals surface area contributed by atoms with E-state index in [9.17, 15) is 0 Å². The lowest BCUT2D eigenvalue weighted by Gasteiger charge is -2.14. The van der Waals surface area contributed by atoms with Crippen molar-refractivity contribution in [2.45, 2.75) is 40.3 Å². The third-order valence-electron chi connectivity index (χ3n) is 3.14. The summed E-state index contributed by atoms with van der Waals surface area (Å²) in [6.45, 7) is 9.07. The van der Waals surface area contributed by atoms with Crippen LogP contribution in [0.15, 0.2) is 34.9 Å². The Balaban J connectivity index is 2.28. The van der Waals surface area contributed by atoms with Crippen LogP contribution in [0.4, 0.5) is 0 Å². The highest BCUT2D eigenvalue weighted by atomic mass is 79.9. The molecule has 0 aliphatic rings. The van der Waals surface area contributed by atoms with Gasteiger partial charge in [0.15, 0.2) is 0 Å². The quantitative estimate of drug-likeness (QED) is 0.846. The maximum atomic E-state index is 6.04. The van der Waals surface area contributed by atoms with Gasteiger partial charge in [-0.1, -0.05) is 26.0 Å². The number of benzene rings is 1. The van der Waals surface area contributed by atoms with Crippen molar-refractivity contribution in [1.82, 2.24) is 10.3 Å². The highest BCUT2D eigenvalue weighted by Gasteiger charge is 2.10. The third kappa shape index (κ3) is 4.55. The van der Waals surface area contributed by atoms with Crippen LogP contribution in [-0.4, -0.2) is 11.0 Å². The highest BCUT2D eigenvalue weighted by molar-refractivity contribution is 9.10. The fourth-order valence-corrected chi connectivity index (χ4v) is 2.30. The van der Waals surface area contributed by atoms with Gasteiger partial charge in [-0.15, -0.1) is 0 Å². The number of ether oxygens (including phenoxy) is 1. The second-order valence-corrected chi connectivity index (χ2v) is 6.44. The van der Waals surface area contributed by atoms with Crippen molar-refractivity contribution >= 4 is 15.9 Å². The summed E-state index contributed by atoms with van der Waals surface area (Å²) >= 11 is 3.47. The summed E-state index contributed by atoms with van der Waals surface area (Å²) < 4.78 is 6.99. The standard InChI is InChI=1S/C17H21BrN2O/c1-11(2)19-9-14-8-15(18)10-20-17(14)21-16-7-12(3)5-6-13(16)4/h5-8,10-11,19H,9H2,1-4H3. The molecule has 0 unspecified atom stereocenters. The van der Waals surface area contributed by atoms with Gasteiger partial charge in [-0.25, -0.2) is 4.98 Å². The van der Waals surface area contributed by atoms with Crippen LogP contribution in [0.1, 0.15) is 30.5 Å².